The van der Waals surface area contributed by atoms with Crippen molar-refractivity contribution in [3.63, 3.8) is 0 Å². The molecule has 3 nitrogen and oxygen atoms in total. The van der Waals surface area contributed by atoms with Crippen LogP contribution < -0.4 is 5.32 Å². The Bertz CT molecular complexity index is 254. The minimum absolute atomic E-state index is 0.588. The Morgan fingerprint density at radius 1 is 1.27 bits per heavy atom. The van der Waals surface area contributed by atoms with Gasteiger partial charge in [-0.1, -0.05) is 12.8 Å². The van der Waals surface area contributed by atoms with E-state index in [-0.39, 0.29) is 0 Å². The molecule has 0 spiro atoms. The van der Waals surface area contributed by atoms with Crippen molar-refractivity contribution in [2.75, 3.05) is 24.6 Å². The number of thiocarbonyl (C=S) groups is 1. The van der Waals surface area contributed by atoms with E-state index < -0.39 is 10.8 Å². The zero-order chi connectivity index (χ0) is 10.7. The van der Waals surface area contributed by atoms with Crippen LogP contribution >= 0.6 is 12.2 Å². The molecule has 2 fully saturated rings. The minimum Gasteiger partial charge on any atom is -0.360 e. The van der Waals surface area contributed by atoms with Crippen molar-refractivity contribution in [3.05, 3.63) is 0 Å². The molecule has 15 heavy (non-hydrogen) atoms. The van der Waals surface area contributed by atoms with Crippen molar-refractivity contribution in [2.45, 2.75) is 31.7 Å². The molecule has 0 aromatic carbocycles. The van der Waals surface area contributed by atoms with Gasteiger partial charge in [0.05, 0.1) is 0 Å². The summed E-state index contributed by atoms with van der Waals surface area (Å²) in [6.45, 7) is 1.70. The van der Waals surface area contributed by atoms with Crippen molar-refractivity contribution in [3.8, 4) is 0 Å². The number of nitrogens with zero attached hydrogens (tertiary/aromatic N) is 1. The first-order valence-electron chi connectivity index (χ1n) is 5.66. The molecule has 1 saturated heterocycles. The second-order valence-electron chi connectivity index (χ2n) is 4.27. The van der Waals surface area contributed by atoms with Crippen molar-refractivity contribution >= 4 is 28.1 Å². The monoisotopic (exact) mass is 246 g/mol. The third-order valence-electron chi connectivity index (χ3n) is 3.15. The van der Waals surface area contributed by atoms with Crippen LogP contribution in [0.25, 0.3) is 0 Å². The Morgan fingerprint density at radius 3 is 2.47 bits per heavy atom. The highest BCUT2D eigenvalue weighted by Gasteiger charge is 2.21. The fraction of sp³-hybridized carbons (Fsp3) is 0.900. The van der Waals surface area contributed by atoms with Crippen LogP contribution in [0.2, 0.25) is 0 Å². The molecule has 0 aromatic rings. The number of nitrogens with one attached hydrogen (secondary N) is 1. The minimum atomic E-state index is -0.610. The summed E-state index contributed by atoms with van der Waals surface area (Å²) >= 11 is 5.37. The summed E-state index contributed by atoms with van der Waals surface area (Å²) in [5.74, 6) is 1.54. The molecule has 0 amide bonds. The average molecular weight is 246 g/mol. The van der Waals surface area contributed by atoms with Gasteiger partial charge >= 0.3 is 0 Å². The van der Waals surface area contributed by atoms with Crippen LogP contribution in [-0.2, 0) is 10.8 Å². The van der Waals surface area contributed by atoms with Gasteiger partial charge in [0.25, 0.3) is 0 Å². The molecule has 2 rings (SSSR count). The normalized spacial score (nSPS) is 24.4. The summed E-state index contributed by atoms with van der Waals surface area (Å²) in [6.07, 6.45) is 5.15. The van der Waals surface area contributed by atoms with Gasteiger partial charge in [-0.05, 0) is 25.1 Å². The third-order valence-corrected chi connectivity index (χ3v) is 4.80. The molecule has 2 aliphatic rings. The van der Waals surface area contributed by atoms with Gasteiger partial charge in [-0.2, -0.15) is 0 Å². The maximum absolute atomic E-state index is 11.2. The topological polar surface area (TPSA) is 32.3 Å². The maximum atomic E-state index is 11.2. The van der Waals surface area contributed by atoms with Crippen LogP contribution in [0.4, 0.5) is 0 Å². The van der Waals surface area contributed by atoms with Gasteiger partial charge in [0, 0.05) is 41.4 Å². The first-order chi connectivity index (χ1) is 7.25. The van der Waals surface area contributed by atoms with Gasteiger partial charge in [-0.25, -0.2) is 0 Å². The molecule has 86 valence electrons. The molecule has 1 aliphatic heterocycles. The Morgan fingerprint density at radius 2 is 1.87 bits per heavy atom. The van der Waals surface area contributed by atoms with Crippen molar-refractivity contribution in [1.82, 2.24) is 10.2 Å². The van der Waals surface area contributed by atoms with Crippen molar-refractivity contribution < 1.29 is 4.21 Å². The molecule has 0 unspecified atom stereocenters. The highest BCUT2D eigenvalue weighted by Crippen LogP contribution is 2.18. The summed E-state index contributed by atoms with van der Waals surface area (Å²) in [5, 5.41) is 4.30. The van der Waals surface area contributed by atoms with E-state index in [9.17, 15) is 4.21 Å². The smallest absolute Gasteiger partial charge is 0.169 e. The fourth-order valence-electron chi connectivity index (χ4n) is 2.18. The lowest BCUT2D eigenvalue weighted by atomic mass is 10.2. The van der Waals surface area contributed by atoms with Crippen molar-refractivity contribution in [2.24, 2.45) is 0 Å². The third kappa shape index (κ3) is 3.14. The first-order valence-corrected chi connectivity index (χ1v) is 7.56. The van der Waals surface area contributed by atoms with E-state index in [1.165, 1.54) is 25.7 Å². The summed E-state index contributed by atoms with van der Waals surface area (Å²) in [5.41, 5.74) is 0. The van der Waals surface area contributed by atoms with Crippen LogP contribution in [0.5, 0.6) is 0 Å². The molecular weight excluding hydrogens is 228 g/mol. The van der Waals surface area contributed by atoms with E-state index in [1.807, 2.05) is 0 Å². The fourth-order valence-corrected chi connectivity index (χ4v) is 3.58. The van der Waals surface area contributed by atoms with E-state index in [2.05, 4.69) is 10.2 Å². The quantitative estimate of drug-likeness (QED) is 0.696. The van der Waals surface area contributed by atoms with Crippen LogP contribution in [0.1, 0.15) is 25.7 Å². The van der Waals surface area contributed by atoms with Crippen LogP contribution in [0.3, 0.4) is 0 Å². The predicted octanol–water partition coefficient (Wildman–Crippen LogP) is 0.868. The molecule has 1 N–H and O–H groups in total. The van der Waals surface area contributed by atoms with Gasteiger partial charge in [0.15, 0.2) is 5.11 Å². The zero-order valence-electron chi connectivity index (χ0n) is 8.91. The summed E-state index contributed by atoms with van der Waals surface area (Å²) in [4.78, 5) is 2.16. The summed E-state index contributed by atoms with van der Waals surface area (Å²) in [6, 6.07) is 0.588. The van der Waals surface area contributed by atoms with E-state index in [0.717, 1.165) is 29.7 Å². The Kier molecular flexibility index (Phi) is 3.97. The first kappa shape index (κ1) is 11.3. The largest absolute Gasteiger partial charge is 0.360 e. The Labute approximate surface area is 99.1 Å². The second kappa shape index (κ2) is 5.25. The number of rotatable bonds is 1. The van der Waals surface area contributed by atoms with Crippen LogP contribution in [-0.4, -0.2) is 44.9 Å². The van der Waals surface area contributed by atoms with Gasteiger partial charge in [-0.3, -0.25) is 4.21 Å². The molecule has 1 saturated carbocycles. The second-order valence-corrected chi connectivity index (χ2v) is 6.35. The molecule has 0 aromatic heterocycles. The zero-order valence-corrected chi connectivity index (χ0v) is 10.5. The number of hydrogen-bond donors (Lipinski definition) is 1. The van der Waals surface area contributed by atoms with Gasteiger partial charge < -0.3 is 10.2 Å². The SMILES string of the molecule is O=S1CCN(C(=S)NC2CCCC2)CC1. The molecule has 0 radical (unpaired) electrons. The molecule has 5 heteroatoms. The molecule has 1 aliphatic carbocycles. The van der Waals surface area contributed by atoms with Gasteiger partial charge in [0.2, 0.25) is 0 Å². The maximum Gasteiger partial charge on any atom is 0.169 e. The van der Waals surface area contributed by atoms with E-state index in [0.29, 0.717) is 6.04 Å². The summed E-state index contributed by atoms with van der Waals surface area (Å²) < 4.78 is 11.2. The highest BCUT2D eigenvalue weighted by atomic mass is 32.2. The van der Waals surface area contributed by atoms with Gasteiger partial charge in [-0.15, -0.1) is 0 Å². The molecular formula is C10H18N2OS2. The standard InChI is InChI=1S/C10H18N2OS2/c13-15-7-5-12(6-8-15)10(14)11-9-3-1-2-4-9/h9H,1-8H2,(H,11,14). The van der Waals surface area contributed by atoms with E-state index >= 15 is 0 Å². The van der Waals surface area contributed by atoms with Gasteiger partial charge in [0.1, 0.15) is 0 Å². The summed E-state index contributed by atoms with van der Waals surface area (Å²) in [7, 11) is -0.610. The average Bonchev–Trinajstić information content (AvgIpc) is 2.71. The Hall–Kier alpha value is -0.160. The lowest BCUT2D eigenvalue weighted by molar-refractivity contribution is 0.435. The lowest BCUT2D eigenvalue weighted by Gasteiger charge is -2.30. The predicted molar refractivity (Wildman–Crippen MR) is 67.4 cm³/mol. The van der Waals surface area contributed by atoms with Crippen molar-refractivity contribution in [1.29, 1.82) is 0 Å². The molecule has 0 atom stereocenters. The number of hydrogen-bond acceptors (Lipinski definition) is 2. The molecule has 0 bridgehead atoms. The van der Waals surface area contributed by atoms with Crippen LogP contribution in [0.15, 0.2) is 0 Å². The highest BCUT2D eigenvalue weighted by molar-refractivity contribution is 7.85. The Balaban J connectivity index is 1.77. The van der Waals surface area contributed by atoms with E-state index in [1.54, 1.807) is 0 Å². The van der Waals surface area contributed by atoms with Crippen LogP contribution in [0, 0.1) is 0 Å². The van der Waals surface area contributed by atoms with E-state index in [4.69, 9.17) is 12.2 Å². The molecule has 1 heterocycles. The lowest BCUT2D eigenvalue weighted by Crippen LogP contribution is -2.49.